The van der Waals surface area contributed by atoms with Crippen molar-refractivity contribution in [3.63, 3.8) is 0 Å². The van der Waals surface area contributed by atoms with Gasteiger partial charge in [0.25, 0.3) is 0 Å². The molecule has 1 heteroatoms. The molecule has 0 radical (unpaired) electrons. The van der Waals surface area contributed by atoms with E-state index in [0.29, 0.717) is 0 Å². The van der Waals surface area contributed by atoms with Gasteiger partial charge in [-0.1, -0.05) is 0 Å². The van der Waals surface area contributed by atoms with Gasteiger partial charge in [0.1, 0.15) is 0 Å². The molecule has 0 aromatic heterocycles. The SMILES string of the molecule is c1ccc([As]2(c3ccccc3)(c3ccccc3)CCCCCCC2)cc1. The van der Waals surface area contributed by atoms with Gasteiger partial charge in [0.05, 0.1) is 0 Å². The maximum atomic E-state index is 2.44. The van der Waals surface area contributed by atoms with Gasteiger partial charge in [-0.3, -0.25) is 0 Å². The van der Waals surface area contributed by atoms with Crippen molar-refractivity contribution in [3.8, 4) is 0 Å². The van der Waals surface area contributed by atoms with Crippen molar-refractivity contribution in [2.75, 3.05) is 0 Å². The number of benzene rings is 3. The third-order valence-corrected chi connectivity index (χ3v) is 21.6. The maximum absolute atomic E-state index is 3.19. The van der Waals surface area contributed by atoms with E-state index in [-0.39, 0.29) is 0 Å². The monoisotopic (exact) mass is 404 g/mol. The summed E-state index contributed by atoms with van der Waals surface area (Å²) >= 11 is -3.19. The zero-order valence-corrected chi connectivity index (χ0v) is 17.4. The van der Waals surface area contributed by atoms with Crippen LogP contribution in [-0.2, 0) is 0 Å². The van der Waals surface area contributed by atoms with Crippen LogP contribution < -0.4 is 13.1 Å². The molecule has 0 unspecified atom stereocenters. The summed E-state index contributed by atoms with van der Waals surface area (Å²) in [5, 5.41) is 2.72. The van der Waals surface area contributed by atoms with Crippen LogP contribution >= 0.6 is 0 Å². The normalized spacial score (nSPS) is 20.8. The third kappa shape index (κ3) is 2.76. The fourth-order valence-corrected chi connectivity index (χ4v) is 20.2. The molecule has 3 aromatic carbocycles. The fourth-order valence-electron chi connectivity index (χ4n) is 5.15. The Labute approximate surface area is 158 Å². The first-order chi connectivity index (χ1) is 12.9. The van der Waals surface area contributed by atoms with Crippen LogP contribution in [0.4, 0.5) is 0 Å². The second-order valence-corrected chi connectivity index (χ2v) is 19.2. The second-order valence-electron chi connectivity index (χ2n) is 7.73. The molecule has 4 rings (SSSR count). The van der Waals surface area contributed by atoms with E-state index >= 15 is 0 Å². The first-order valence-electron chi connectivity index (χ1n) is 10.0. The summed E-state index contributed by atoms with van der Waals surface area (Å²) in [6, 6.07) is 34.7. The van der Waals surface area contributed by atoms with Crippen LogP contribution in [0.1, 0.15) is 32.1 Å². The van der Waals surface area contributed by atoms with Crippen molar-refractivity contribution >= 4 is 25.5 Å². The minimum atomic E-state index is -3.19. The average Bonchev–Trinajstić information content (AvgIpc) is 2.71. The van der Waals surface area contributed by atoms with Crippen LogP contribution in [0.25, 0.3) is 0 Å². The molecule has 0 spiro atoms. The summed E-state index contributed by atoms with van der Waals surface area (Å²) in [5.74, 6) is 0. The third-order valence-electron chi connectivity index (χ3n) is 6.44. The Morgan fingerprint density at radius 3 is 1.04 bits per heavy atom. The Morgan fingerprint density at radius 1 is 0.385 bits per heavy atom. The molecule has 0 nitrogen and oxygen atoms in total. The summed E-state index contributed by atoms with van der Waals surface area (Å²) in [4.78, 5) is 0. The van der Waals surface area contributed by atoms with E-state index in [1.54, 1.807) is 13.1 Å². The molecule has 1 fully saturated rings. The quantitative estimate of drug-likeness (QED) is 0.535. The number of hydrogen-bond acceptors (Lipinski definition) is 0. The molecule has 0 bridgehead atoms. The number of hydrogen-bond donors (Lipinski definition) is 0. The predicted molar refractivity (Wildman–Crippen MR) is 117 cm³/mol. The Kier molecular flexibility index (Phi) is 5.05. The molecule has 0 atom stereocenters. The molecule has 1 aliphatic rings. The van der Waals surface area contributed by atoms with Crippen LogP contribution in [0, 0.1) is 0 Å². The van der Waals surface area contributed by atoms with Crippen molar-refractivity contribution in [1.82, 2.24) is 0 Å². The fraction of sp³-hybridized carbons (Fsp3) is 0.280. The summed E-state index contributed by atoms with van der Waals surface area (Å²) in [6.45, 7) is 0. The van der Waals surface area contributed by atoms with Crippen molar-refractivity contribution < 1.29 is 0 Å². The van der Waals surface area contributed by atoms with Crippen LogP contribution in [0.5, 0.6) is 0 Å². The van der Waals surface area contributed by atoms with Crippen LogP contribution in [0.3, 0.4) is 0 Å². The molecular formula is C25H29As. The first kappa shape index (κ1) is 17.6. The van der Waals surface area contributed by atoms with Gasteiger partial charge in [-0.15, -0.1) is 0 Å². The zero-order chi connectivity index (χ0) is 17.7. The molecule has 0 N–H and O–H groups in total. The summed E-state index contributed by atoms with van der Waals surface area (Å²) in [5.41, 5.74) is 0. The topological polar surface area (TPSA) is 0 Å². The predicted octanol–water partition coefficient (Wildman–Crippen LogP) is 5.07. The molecular weight excluding hydrogens is 375 g/mol. The molecule has 0 amide bonds. The average molecular weight is 404 g/mol. The van der Waals surface area contributed by atoms with Gasteiger partial charge in [0.15, 0.2) is 0 Å². The van der Waals surface area contributed by atoms with Crippen LogP contribution in [0.2, 0.25) is 10.4 Å². The summed E-state index contributed by atoms with van der Waals surface area (Å²) < 4.78 is 4.89. The van der Waals surface area contributed by atoms with E-state index in [0.717, 1.165) is 0 Å². The molecule has 0 saturated carbocycles. The molecule has 1 saturated heterocycles. The van der Waals surface area contributed by atoms with Gasteiger partial charge >= 0.3 is 159 Å². The Hall–Kier alpha value is -1.78. The van der Waals surface area contributed by atoms with Crippen LogP contribution in [-0.4, -0.2) is 12.5 Å². The van der Waals surface area contributed by atoms with E-state index in [2.05, 4.69) is 91.0 Å². The van der Waals surface area contributed by atoms with Gasteiger partial charge in [-0.05, 0) is 0 Å². The van der Waals surface area contributed by atoms with Crippen molar-refractivity contribution in [3.05, 3.63) is 91.0 Å². The molecule has 1 aliphatic heterocycles. The molecule has 26 heavy (non-hydrogen) atoms. The molecule has 0 aliphatic carbocycles. The van der Waals surface area contributed by atoms with Crippen LogP contribution in [0.15, 0.2) is 91.0 Å². The Balaban J connectivity index is 2.10. The van der Waals surface area contributed by atoms with E-state index in [4.69, 9.17) is 0 Å². The van der Waals surface area contributed by atoms with E-state index < -0.39 is 12.5 Å². The molecule has 1 heterocycles. The zero-order valence-electron chi connectivity index (χ0n) is 15.6. The van der Waals surface area contributed by atoms with E-state index in [1.165, 1.54) is 42.5 Å². The molecule has 3 aromatic rings. The van der Waals surface area contributed by atoms with Crippen molar-refractivity contribution in [2.45, 2.75) is 42.5 Å². The van der Waals surface area contributed by atoms with Gasteiger partial charge in [-0.2, -0.15) is 0 Å². The van der Waals surface area contributed by atoms with Crippen molar-refractivity contribution in [1.29, 1.82) is 0 Å². The van der Waals surface area contributed by atoms with E-state index in [1.807, 2.05) is 0 Å². The Morgan fingerprint density at radius 2 is 0.692 bits per heavy atom. The standard InChI is InChI=1S/C25H29As/c1-2-13-21-26(22-14-3-1,23-15-7-4-8-16-23,24-17-9-5-10-18-24)25-19-11-6-12-20-25/h4-12,15-20H,1-3,13-14,21-22H2. The van der Waals surface area contributed by atoms with Gasteiger partial charge < -0.3 is 0 Å². The first-order valence-corrected chi connectivity index (χ1v) is 15.5. The van der Waals surface area contributed by atoms with Gasteiger partial charge in [0, 0.05) is 0 Å². The second kappa shape index (κ2) is 7.45. The molecule has 134 valence electrons. The minimum absolute atomic E-state index is 1.35. The van der Waals surface area contributed by atoms with Crippen molar-refractivity contribution in [2.24, 2.45) is 0 Å². The summed E-state index contributed by atoms with van der Waals surface area (Å²) in [7, 11) is 0. The summed E-state index contributed by atoms with van der Waals surface area (Å²) in [6.07, 6.45) is 6.86. The Bertz CT molecular complexity index is 712. The van der Waals surface area contributed by atoms with Gasteiger partial charge in [0.2, 0.25) is 0 Å². The van der Waals surface area contributed by atoms with Gasteiger partial charge in [-0.25, -0.2) is 0 Å². The number of rotatable bonds is 3. The van der Waals surface area contributed by atoms with E-state index in [9.17, 15) is 0 Å².